The molecule has 0 bridgehead atoms. The first-order valence-corrected chi connectivity index (χ1v) is 12.5. The summed E-state index contributed by atoms with van der Waals surface area (Å²) in [7, 11) is -3.07. The molecule has 3 atom stereocenters. The van der Waals surface area contributed by atoms with E-state index in [4.69, 9.17) is 9.63 Å². The summed E-state index contributed by atoms with van der Waals surface area (Å²) in [6.45, 7) is 5.58. The molecule has 32 heavy (non-hydrogen) atoms. The summed E-state index contributed by atoms with van der Waals surface area (Å²) in [6, 6.07) is 14.5. The van der Waals surface area contributed by atoms with Gasteiger partial charge in [-0.3, -0.25) is 4.79 Å². The molecule has 174 valence electrons. The lowest BCUT2D eigenvalue weighted by atomic mass is 9.95. The number of sulfone groups is 1. The number of aliphatic hydroxyl groups excluding tert-OH is 1. The fourth-order valence-corrected chi connectivity index (χ4v) is 4.19. The molecule has 1 aliphatic heterocycles. The second kappa shape index (κ2) is 11.2. The molecule has 3 N–H and O–H groups in total. The Morgan fingerprint density at radius 1 is 1.19 bits per heavy atom. The van der Waals surface area contributed by atoms with E-state index < -0.39 is 15.1 Å². The minimum absolute atomic E-state index is 0.196. The molecule has 1 aliphatic rings. The van der Waals surface area contributed by atoms with Crippen molar-refractivity contribution in [3.8, 4) is 11.1 Å². The van der Waals surface area contributed by atoms with Crippen molar-refractivity contribution in [1.29, 1.82) is 0 Å². The summed E-state index contributed by atoms with van der Waals surface area (Å²) in [6.07, 6.45) is 2.68. The molecule has 0 saturated heterocycles. The average Bonchev–Trinajstić information content (AvgIpc) is 3.16. The Bertz CT molecular complexity index is 1050. The number of nitrogens with two attached hydrogens (primary N) is 1. The van der Waals surface area contributed by atoms with Crippen LogP contribution in [0.5, 0.6) is 0 Å². The van der Waals surface area contributed by atoms with E-state index in [1.165, 1.54) is 11.8 Å². The van der Waals surface area contributed by atoms with Gasteiger partial charge in [-0.25, -0.2) is 8.42 Å². The van der Waals surface area contributed by atoms with E-state index in [-0.39, 0.29) is 18.6 Å². The highest BCUT2D eigenvalue weighted by molar-refractivity contribution is 7.91. The molecule has 0 fully saturated rings. The predicted molar refractivity (Wildman–Crippen MR) is 127 cm³/mol. The summed E-state index contributed by atoms with van der Waals surface area (Å²) in [4.78, 5) is 14.1. The number of amides is 1. The molecule has 0 radical (unpaired) electrons. The van der Waals surface area contributed by atoms with E-state index in [2.05, 4.69) is 48.1 Å². The number of hydrogen-bond donors (Lipinski definition) is 2. The minimum Gasteiger partial charge on any atom is -0.393 e. The zero-order valence-corrected chi connectivity index (χ0v) is 19.8. The number of primary amides is 1. The van der Waals surface area contributed by atoms with Crippen LogP contribution in [0.3, 0.4) is 0 Å². The Hall–Kier alpha value is -2.71. The van der Waals surface area contributed by atoms with Gasteiger partial charge < -0.3 is 15.7 Å². The maximum Gasteiger partial charge on any atom is 0.204 e. The summed E-state index contributed by atoms with van der Waals surface area (Å²) < 4.78 is 23.3. The van der Waals surface area contributed by atoms with Gasteiger partial charge in [0.1, 0.15) is 15.9 Å². The van der Waals surface area contributed by atoms with E-state index >= 15 is 0 Å². The maximum atomic E-state index is 11.6. The molecule has 0 saturated carbocycles. The Labute approximate surface area is 190 Å². The van der Waals surface area contributed by atoms with Gasteiger partial charge in [-0.05, 0) is 55.0 Å². The number of rotatable bonds is 7. The van der Waals surface area contributed by atoms with E-state index in [0.29, 0.717) is 19.3 Å². The summed E-state index contributed by atoms with van der Waals surface area (Å²) in [5, 5.41) is 13.3. The van der Waals surface area contributed by atoms with Crippen molar-refractivity contribution < 1.29 is 23.2 Å². The van der Waals surface area contributed by atoms with Crippen molar-refractivity contribution in [3.05, 3.63) is 59.2 Å². The van der Waals surface area contributed by atoms with Gasteiger partial charge in [0.2, 0.25) is 6.41 Å². The van der Waals surface area contributed by atoms with Crippen molar-refractivity contribution in [2.75, 3.05) is 6.26 Å². The molecule has 2 aromatic carbocycles. The maximum absolute atomic E-state index is 11.6. The summed E-state index contributed by atoms with van der Waals surface area (Å²) in [5.74, 6) is 0. The standard InChI is InChI=1S/C23H29NO4S.CH3NO/c1-15-11-18(12-16(2)25)5-10-22(15)19-6-8-20(9-7-19)23-14-21(28-24-23)13-17(3)29(4,26)27;2-1-3/h5-11,16-17,21,25H,12-14H2,1-4H3;1H,(H2,2,3). The highest BCUT2D eigenvalue weighted by atomic mass is 32.2. The predicted octanol–water partition coefficient (Wildman–Crippen LogP) is 3.00. The van der Waals surface area contributed by atoms with Crippen LogP contribution in [0.4, 0.5) is 0 Å². The normalized spacial score (nSPS) is 17.4. The lowest BCUT2D eigenvalue weighted by molar-refractivity contribution is -0.106. The van der Waals surface area contributed by atoms with E-state index in [9.17, 15) is 13.5 Å². The van der Waals surface area contributed by atoms with Gasteiger partial charge in [-0.1, -0.05) is 47.6 Å². The van der Waals surface area contributed by atoms with Gasteiger partial charge in [0.25, 0.3) is 0 Å². The highest BCUT2D eigenvalue weighted by Crippen LogP contribution is 2.27. The van der Waals surface area contributed by atoms with Crippen LogP contribution in [-0.4, -0.2) is 49.4 Å². The first kappa shape index (κ1) is 25.5. The molecular formula is C24H32N2O5S. The third-order valence-electron chi connectivity index (χ3n) is 5.41. The zero-order valence-electron chi connectivity index (χ0n) is 19.0. The Morgan fingerprint density at radius 2 is 1.78 bits per heavy atom. The number of carbonyl (C=O) groups excluding carboxylic acids is 1. The average molecular weight is 461 g/mol. The Morgan fingerprint density at radius 3 is 2.31 bits per heavy atom. The number of aliphatic hydroxyl groups is 1. The molecule has 7 nitrogen and oxygen atoms in total. The van der Waals surface area contributed by atoms with Crippen LogP contribution in [-0.2, 0) is 25.9 Å². The molecule has 0 spiro atoms. The smallest absolute Gasteiger partial charge is 0.204 e. The number of aryl methyl sites for hydroxylation is 1. The fourth-order valence-electron chi connectivity index (χ4n) is 3.63. The molecule has 8 heteroatoms. The number of oxime groups is 1. The van der Waals surface area contributed by atoms with Crippen LogP contribution >= 0.6 is 0 Å². The van der Waals surface area contributed by atoms with Gasteiger partial charge >= 0.3 is 0 Å². The number of hydrogen-bond acceptors (Lipinski definition) is 6. The quantitative estimate of drug-likeness (QED) is 0.616. The van der Waals surface area contributed by atoms with Crippen LogP contribution < -0.4 is 5.73 Å². The second-order valence-corrected chi connectivity index (χ2v) is 10.7. The Balaban J connectivity index is 0.00000114. The van der Waals surface area contributed by atoms with Gasteiger partial charge in [0.05, 0.1) is 17.1 Å². The molecule has 3 unspecified atom stereocenters. The van der Waals surface area contributed by atoms with Gasteiger partial charge in [-0.15, -0.1) is 0 Å². The van der Waals surface area contributed by atoms with Crippen LogP contribution in [0.15, 0.2) is 47.6 Å². The van der Waals surface area contributed by atoms with Crippen molar-refractivity contribution in [2.45, 2.75) is 57.5 Å². The Kier molecular flexibility index (Phi) is 8.98. The van der Waals surface area contributed by atoms with Crippen LogP contribution in [0, 0.1) is 6.92 Å². The van der Waals surface area contributed by atoms with Gasteiger partial charge in [0, 0.05) is 19.1 Å². The van der Waals surface area contributed by atoms with E-state index in [1.807, 2.05) is 12.1 Å². The third-order valence-corrected chi connectivity index (χ3v) is 7.06. The largest absolute Gasteiger partial charge is 0.393 e. The van der Waals surface area contributed by atoms with Crippen molar-refractivity contribution >= 4 is 22.0 Å². The first-order valence-electron chi connectivity index (χ1n) is 10.5. The number of carbonyl (C=O) groups is 1. The molecule has 1 amide bonds. The monoisotopic (exact) mass is 460 g/mol. The van der Waals surface area contributed by atoms with E-state index in [1.54, 1.807) is 13.8 Å². The zero-order chi connectivity index (χ0) is 23.9. The summed E-state index contributed by atoms with van der Waals surface area (Å²) in [5.41, 5.74) is 10.6. The molecular weight excluding hydrogens is 428 g/mol. The molecule has 0 aromatic heterocycles. The first-order chi connectivity index (χ1) is 15.0. The summed E-state index contributed by atoms with van der Waals surface area (Å²) >= 11 is 0. The number of benzene rings is 2. The molecule has 2 aromatic rings. The molecule has 3 rings (SSSR count). The van der Waals surface area contributed by atoms with Crippen molar-refractivity contribution in [2.24, 2.45) is 10.9 Å². The molecule has 0 aliphatic carbocycles. The van der Waals surface area contributed by atoms with Crippen LogP contribution in [0.2, 0.25) is 0 Å². The van der Waals surface area contributed by atoms with Crippen molar-refractivity contribution in [1.82, 2.24) is 0 Å². The van der Waals surface area contributed by atoms with Crippen LogP contribution in [0.1, 0.15) is 43.4 Å². The highest BCUT2D eigenvalue weighted by Gasteiger charge is 2.27. The third kappa shape index (κ3) is 7.17. The number of nitrogens with zero attached hydrogens (tertiary/aromatic N) is 1. The minimum atomic E-state index is -3.07. The van der Waals surface area contributed by atoms with Gasteiger partial charge in [-0.2, -0.15) is 0 Å². The SMILES string of the molecule is Cc1cc(CC(C)O)ccc1-c1ccc(C2=NOC(CC(C)S(C)(=O)=O)C2)cc1.NC=O. The van der Waals surface area contributed by atoms with Gasteiger partial charge in [0.15, 0.2) is 0 Å². The lowest BCUT2D eigenvalue weighted by Crippen LogP contribution is -2.23. The molecule has 1 heterocycles. The van der Waals surface area contributed by atoms with Crippen molar-refractivity contribution in [3.63, 3.8) is 0 Å². The van der Waals surface area contributed by atoms with Crippen LogP contribution in [0.25, 0.3) is 11.1 Å². The fraction of sp³-hybridized carbons (Fsp3) is 0.417. The second-order valence-electron chi connectivity index (χ2n) is 8.26. The topological polar surface area (TPSA) is 119 Å². The lowest BCUT2D eigenvalue weighted by Gasteiger charge is -2.13. The van der Waals surface area contributed by atoms with E-state index in [0.717, 1.165) is 28.0 Å².